The van der Waals surface area contributed by atoms with E-state index < -0.39 is 6.04 Å². The molecule has 1 fully saturated rings. The van der Waals surface area contributed by atoms with Crippen LogP contribution in [0.4, 0.5) is 10.1 Å². The lowest BCUT2D eigenvalue weighted by molar-refractivity contribution is -0.133. The van der Waals surface area contributed by atoms with Crippen molar-refractivity contribution in [2.45, 2.75) is 13.0 Å². The van der Waals surface area contributed by atoms with Crippen molar-refractivity contribution in [1.29, 1.82) is 0 Å². The number of rotatable bonds is 3. The monoisotopic (exact) mass is 399 g/mol. The molecule has 1 saturated heterocycles. The molecule has 0 spiro atoms. The SMILES string of the molecule is Cc1ccc(C(N)C(=O)N2CCN(c3ccc(F)cc3)CC2)cc1.Cl.Cl. The van der Waals surface area contributed by atoms with Gasteiger partial charge in [-0.15, -0.1) is 24.8 Å². The van der Waals surface area contributed by atoms with E-state index in [1.54, 1.807) is 12.1 Å². The van der Waals surface area contributed by atoms with Gasteiger partial charge in [0.25, 0.3) is 0 Å². The van der Waals surface area contributed by atoms with E-state index >= 15 is 0 Å². The summed E-state index contributed by atoms with van der Waals surface area (Å²) in [4.78, 5) is 16.6. The molecule has 1 unspecified atom stereocenters. The van der Waals surface area contributed by atoms with Crippen molar-refractivity contribution in [2.24, 2.45) is 5.73 Å². The Bertz CT molecular complexity index is 702. The fourth-order valence-electron chi connectivity index (χ4n) is 2.95. The van der Waals surface area contributed by atoms with Crippen LogP contribution in [0.3, 0.4) is 0 Å². The third-order valence-electron chi connectivity index (χ3n) is 4.49. The van der Waals surface area contributed by atoms with Crippen LogP contribution in [-0.4, -0.2) is 37.0 Å². The van der Waals surface area contributed by atoms with Gasteiger partial charge in [0, 0.05) is 31.9 Å². The molecule has 0 bridgehead atoms. The van der Waals surface area contributed by atoms with E-state index in [-0.39, 0.29) is 36.5 Å². The van der Waals surface area contributed by atoms with E-state index in [4.69, 9.17) is 5.73 Å². The molecular formula is C19H24Cl2FN3O. The lowest BCUT2D eigenvalue weighted by atomic mass is 10.0. The predicted molar refractivity (Wildman–Crippen MR) is 108 cm³/mol. The summed E-state index contributed by atoms with van der Waals surface area (Å²) < 4.78 is 13.0. The molecule has 1 atom stereocenters. The molecule has 1 aliphatic heterocycles. The third-order valence-corrected chi connectivity index (χ3v) is 4.49. The van der Waals surface area contributed by atoms with Crippen molar-refractivity contribution < 1.29 is 9.18 Å². The first-order valence-corrected chi connectivity index (χ1v) is 8.16. The van der Waals surface area contributed by atoms with Gasteiger partial charge in [0.05, 0.1) is 0 Å². The van der Waals surface area contributed by atoms with Gasteiger partial charge in [-0.05, 0) is 36.8 Å². The molecule has 1 amide bonds. The molecule has 1 heterocycles. The maximum Gasteiger partial charge on any atom is 0.244 e. The van der Waals surface area contributed by atoms with E-state index in [2.05, 4.69) is 4.90 Å². The van der Waals surface area contributed by atoms with Gasteiger partial charge in [-0.25, -0.2) is 4.39 Å². The standard InChI is InChI=1S/C19H22FN3O.2ClH/c1-14-2-4-15(5-3-14)18(21)19(24)23-12-10-22(11-13-23)17-8-6-16(20)7-9-17;;/h2-9,18H,10-13,21H2,1H3;2*1H. The summed E-state index contributed by atoms with van der Waals surface area (Å²) in [5.74, 6) is -0.283. The molecule has 0 saturated carbocycles. The number of nitrogens with zero attached hydrogens (tertiary/aromatic N) is 2. The zero-order valence-corrected chi connectivity index (χ0v) is 16.2. The average Bonchev–Trinajstić information content (AvgIpc) is 2.62. The minimum Gasteiger partial charge on any atom is -0.368 e. The van der Waals surface area contributed by atoms with Crippen LogP contribution in [0.5, 0.6) is 0 Å². The van der Waals surface area contributed by atoms with Gasteiger partial charge in [-0.2, -0.15) is 0 Å². The summed E-state index contributed by atoms with van der Waals surface area (Å²) in [6.07, 6.45) is 0. The second-order valence-corrected chi connectivity index (χ2v) is 6.18. The Kier molecular flexibility index (Phi) is 8.34. The largest absolute Gasteiger partial charge is 0.368 e. The Hall–Kier alpha value is -1.82. The Labute approximate surface area is 166 Å². The molecule has 2 aromatic carbocycles. The summed E-state index contributed by atoms with van der Waals surface area (Å²) in [5.41, 5.74) is 9.10. The number of aryl methyl sites for hydroxylation is 1. The highest BCUT2D eigenvalue weighted by atomic mass is 35.5. The summed E-state index contributed by atoms with van der Waals surface area (Å²) in [7, 11) is 0. The summed E-state index contributed by atoms with van der Waals surface area (Å²) in [5, 5.41) is 0. The predicted octanol–water partition coefficient (Wildman–Crippen LogP) is 3.33. The number of anilines is 1. The fraction of sp³-hybridized carbons (Fsp3) is 0.316. The average molecular weight is 400 g/mol. The molecule has 4 nitrogen and oxygen atoms in total. The zero-order valence-electron chi connectivity index (χ0n) is 14.6. The lowest BCUT2D eigenvalue weighted by Crippen LogP contribution is -2.51. The Morgan fingerprint density at radius 3 is 2.04 bits per heavy atom. The number of hydrogen-bond acceptors (Lipinski definition) is 3. The van der Waals surface area contributed by atoms with Gasteiger partial charge in [-0.3, -0.25) is 4.79 Å². The molecule has 1 aliphatic rings. The molecule has 0 radical (unpaired) electrons. The van der Waals surface area contributed by atoms with Crippen LogP contribution in [0, 0.1) is 12.7 Å². The smallest absolute Gasteiger partial charge is 0.244 e. The van der Waals surface area contributed by atoms with Crippen LogP contribution in [-0.2, 0) is 4.79 Å². The number of carbonyl (C=O) groups excluding carboxylic acids is 1. The Morgan fingerprint density at radius 2 is 1.50 bits per heavy atom. The van der Waals surface area contributed by atoms with Gasteiger partial charge in [0.1, 0.15) is 11.9 Å². The second kappa shape index (κ2) is 9.76. The first-order valence-electron chi connectivity index (χ1n) is 8.16. The van der Waals surface area contributed by atoms with Crippen LogP contribution in [0.1, 0.15) is 17.2 Å². The zero-order chi connectivity index (χ0) is 17.1. The van der Waals surface area contributed by atoms with Crippen LogP contribution >= 0.6 is 24.8 Å². The van der Waals surface area contributed by atoms with Gasteiger partial charge < -0.3 is 15.5 Å². The van der Waals surface area contributed by atoms with E-state index in [9.17, 15) is 9.18 Å². The maximum absolute atomic E-state index is 13.0. The molecule has 7 heteroatoms. The highest BCUT2D eigenvalue weighted by molar-refractivity contribution is 5.85. The number of carbonyl (C=O) groups is 1. The van der Waals surface area contributed by atoms with Crippen molar-refractivity contribution in [2.75, 3.05) is 31.1 Å². The van der Waals surface area contributed by atoms with Crippen LogP contribution in [0.2, 0.25) is 0 Å². The Morgan fingerprint density at radius 1 is 0.962 bits per heavy atom. The lowest BCUT2D eigenvalue weighted by Gasteiger charge is -2.37. The van der Waals surface area contributed by atoms with Crippen molar-refractivity contribution in [3.63, 3.8) is 0 Å². The van der Waals surface area contributed by atoms with Crippen molar-refractivity contribution in [1.82, 2.24) is 4.90 Å². The normalized spacial score (nSPS) is 14.9. The summed E-state index contributed by atoms with van der Waals surface area (Å²) in [6.45, 7) is 4.69. The Balaban J connectivity index is 0.00000169. The van der Waals surface area contributed by atoms with Crippen LogP contribution < -0.4 is 10.6 Å². The second-order valence-electron chi connectivity index (χ2n) is 6.18. The summed E-state index contributed by atoms with van der Waals surface area (Å²) in [6, 6.07) is 13.6. The molecule has 0 aromatic heterocycles. The first kappa shape index (κ1) is 22.2. The quantitative estimate of drug-likeness (QED) is 0.860. The molecule has 3 rings (SSSR count). The number of piperazine rings is 1. The molecule has 142 valence electrons. The van der Waals surface area contributed by atoms with Gasteiger partial charge in [-0.1, -0.05) is 29.8 Å². The number of nitrogens with two attached hydrogens (primary N) is 1. The van der Waals surface area contributed by atoms with E-state index in [0.29, 0.717) is 13.1 Å². The van der Waals surface area contributed by atoms with E-state index in [1.165, 1.54) is 12.1 Å². The topological polar surface area (TPSA) is 49.6 Å². The van der Waals surface area contributed by atoms with Gasteiger partial charge in [0.15, 0.2) is 0 Å². The molecule has 0 aliphatic carbocycles. The van der Waals surface area contributed by atoms with Gasteiger partial charge in [0.2, 0.25) is 5.91 Å². The third kappa shape index (κ3) is 5.10. The number of halogens is 3. The van der Waals surface area contributed by atoms with Crippen molar-refractivity contribution in [3.05, 3.63) is 65.5 Å². The highest BCUT2D eigenvalue weighted by Crippen LogP contribution is 2.19. The van der Waals surface area contributed by atoms with Crippen LogP contribution in [0.25, 0.3) is 0 Å². The summed E-state index contributed by atoms with van der Waals surface area (Å²) >= 11 is 0. The number of hydrogen-bond donors (Lipinski definition) is 1. The molecule has 26 heavy (non-hydrogen) atoms. The molecule has 2 aromatic rings. The van der Waals surface area contributed by atoms with Crippen LogP contribution in [0.15, 0.2) is 48.5 Å². The highest BCUT2D eigenvalue weighted by Gasteiger charge is 2.26. The van der Waals surface area contributed by atoms with Gasteiger partial charge >= 0.3 is 0 Å². The number of benzene rings is 2. The van der Waals surface area contributed by atoms with Crippen molar-refractivity contribution in [3.8, 4) is 0 Å². The molecule has 2 N–H and O–H groups in total. The first-order chi connectivity index (χ1) is 11.5. The van der Waals surface area contributed by atoms with E-state index in [1.807, 2.05) is 36.1 Å². The van der Waals surface area contributed by atoms with E-state index in [0.717, 1.165) is 29.9 Å². The molecular weight excluding hydrogens is 376 g/mol. The minimum atomic E-state index is -0.622. The number of amides is 1. The fourth-order valence-corrected chi connectivity index (χ4v) is 2.95. The van der Waals surface area contributed by atoms with Crippen molar-refractivity contribution >= 4 is 36.4 Å². The maximum atomic E-state index is 13.0. The minimum absolute atomic E-state index is 0.